The average Bonchev–Trinajstić information content (AvgIpc) is 2.64. The Balaban J connectivity index is 2.43. The van der Waals surface area contributed by atoms with Gasteiger partial charge in [0.1, 0.15) is 5.82 Å². The number of aromatic nitrogens is 3. The third-order valence-electron chi connectivity index (χ3n) is 2.55. The Morgan fingerprint density at radius 2 is 2.18 bits per heavy atom. The van der Waals surface area contributed by atoms with Gasteiger partial charge in [-0.3, -0.25) is 9.67 Å². The number of hydrogen-bond donors (Lipinski definition) is 1. The van der Waals surface area contributed by atoms with Crippen molar-refractivity contribution in [3.8, 4) is 0 Å². The summed E-state index contributed by atoms with van der Waals surface area (Å²) in [7, 11) is 3.68. The maximum atomic E-state index is 12.8. The Morgan fingerprint density at radius 1 is 1.41 bits per heavy atom. The van der Waals surface area contributed by atoms with Gasteiger partial charge in [-0.15, -0.1) is 0 Å². The van der Waals surface area contributed by atoms with E-state index in [-0.39, 0.29) is 11.9 Å². The number of pyridine rings is 1. The Bertz CT molecular complexity index is 489. The standard InChI is InChI=1S/C11H12BrFN4/c1-14-10(9-4-3-7(13)5-15-9)11-8(12)6-16-17(11)2/h3-6,10,14H,1-2H3. The summed E-state index contributed by atoms with van der Waals surface area (Å²) in [6.45, 7) is 0. The van der Waals surface area contributed by atoms with Gasteiger partial charge < -0.3 is 5.32 Å². The van der Waals surface area contributed by atoms with E-state index < -0.39 is 0 Å². The fourth-order valence-corrected chi connectivity index (χ4v) is 2.30. The molecule has 17 heavy (non-hydrogen) atoms. The molecule has 2 heterocycles. The monoisotopic (exact) mass is 298 g/mol. The minimum Gasteiger partial charge on any atom is -0.307 e. The minimum atomic E-state index is -0.340. The lowest BCUT2D eigenvalue weighted by Gasteiger charge is -2.16. The van der Waals surface area contributed by atoms with Crippen molar-refractivity contribution in [2.24, 2.45) is 7.05 Å². The van der Waals surface area contributed by atoms with E-state index in [1.165, 1.54) is 12.3 Å². The van der Waals surface area contributed by atoms with Gasteiger partial charge >= 0.3 is 0 Å². The molecule has 0 saturated heterocycles. The van der Waals surface area contributed by atoms with Crippen LogP contribution >= 0.6 is 15.9 Å². The smallest absolute Gasteiger partial charge is 0.141 e. The van der Waals surface area contributed by atoms with Gasteiger partial charge in [-0.1, -0.05) is 0 Å². The Morgan fingerprint density at radius 3 is 2.65 bits per heavy atom. The number of nitrogens with zero attached hydrogens (tertiary/aromatic N) is 3. The predicted octanol–water partition coefficient (Wildman–Crippen LogP) is 2.03. The molecule has 1 atom stereocenters. The molecule has 0 aliphatic rings. The molecule has 0 aliphatic heterocycles. The maximum Gasteiger partial charge on any atom is 0.141 e. The zero-order chi connectivity index (χ0) is 12.4. The first-order chi connectivity index (χ1) is 8.13. The van der Waals surface area contributed by atoms with Crippen molar-refractivity contribution in [2.45, 2.75) is 6.04 Å². The molecule has 0 fully saturated rings. The van der Waals surface area contributed by atoms with Crippen molar-refractivity contribution >= 4 is 15.9 Å². The highest BCUT2D eigenvalue weighted by atomic mass is 79.9. The van der Waals surface area contributed by atoms with Crippen LogP contribution in [0.3, 0.4) is 0 Å². The molecular weight excluding hydrogens is 287 g/mol. The van der Waals surface area contributed by atoms with E-state index in [4.69, 9.17) is 0 Å². The van der Waals surface area contributed by atoms with E-state index in [0.29, 0.717) is 0 Å². The van der Waals surface area contributed by atoms with Gasteiger partial charge in [0.15, 0.2) is 0 Å². The molecule has 4 nitrogen and oxygen atoms in total. The molecule has 0 aromatic carbocycles. The van der Waals surface area contributed by atoms with E-state index in [2.05, 4.69) is 31.3 Å². The molecule has 0 radical (unpaired) electrons. The third kappa shape index (κ3) is 2.37. The van der Waals surface area contributed by atoms with E-state index in [1.807, 2.05) is 14.1 Å². The maximum absolute atomic E-state index is 12.8. The molecule has 2 aromatic heterocycles. The van der Waals surface area contributed by atoms with Crippen LogP contribution in [-0.4, -0.2) is 21.8 Å². The summed E-state index contributed by atoms with van der Waals surface area (Å²) < 4.78 is 15.5. The average molecular weight is 299 g/mol. The van der Waals surface area contributed by atoms with Crippen molar-refractivity contribution in [1.29, 1.82) is 0 Å². The molecule has 1 unspecified atom stereocenters. The first kappa shape index (κ1) is 12.2. The Kier molecular flexibility index (Phi) is 3.54. The van der Waals surface area contributed by atoms with Crippen LogP contribution in [-0.2, 0) is 7.05 Å². The lowest BCUT2D eigenvalue weighted by atomic mass is 10.1. The molecule has 0 saturated carbocycles. The van der Waals surface area contributed by atoms with Crippen molar-refractivity contribution in [1.82, 2.24) is 20.1 Å². The molecule has 6 heteroatoms. The van der Waals surface area contributed by atoms with E-state index in [1.54, 1.807) is 16.9 Å². The van der Waals surface area contributed by atoms with Crippen LogP contribution in [0.1, 0.15) is 17.4 Å². The second kappa shape index (κ2) is 4.93. The van der Waals surface area contributed by atoms with Crippen molar-refractivity contribution in [2.75, 3.05) is 7.05 Å². The fraction of sp³-hybridized carbons (Fsp3) is 0.273. The van der Waals surface area contributed by atoms with Crippen LogP contribution in [0.5, 0.6) is 0 Å². The summed E-state index contributed by atoms with van der Waals surface area (Å²) in [5.74, 6) is -0.340. The molecule has 0 aliphatic carbocycles. The second-order valence-corrected chi connectivity index (χ2v) is 4.48. The second-order valence-electron chi connectivity index (χ2n) is 3.62. The number of halogens is 2. The van der Waals surface area contributed by atoms with E-state index in [9.17, 15) is 4.39 Å². The number of aryl methyl sites for hydroxylation is 1. The third-order valence-corrected chi connectivity index (χ3v) is 3.16. The van der Waals surface area contributed by atoms with Gasteiger partial charge in [-0.25, -0.2) is 4.39 Å². The summed E-state index contributed by atoms with van der Waals surface area (Å²) in [5, 5.41) is 7.30. The zero-order valence-corrected chi connectivity index (χ0v) is 11.1. The van der Waals surface area contributed by atoms with Crippen molar-refractivity contribution in [3.05, 3.63) is 46.2 Å². The van der Waals surface area contributed by atoms with E-state index >= 15 is 0 Å². The molecule has 2 aromatic rings. The molecule has 1 N–H and O–H groups in total. The predicted molar refractivity (Wildman–Crippen MR) is 66.0 cm³/mol. The molecule has 0 spiro atoms. The zero-order valence-electron chi connectivity index (χ0n) is 9.48. The van der Waals surface area contributed by atoms with Gasteiger partial charge in [0.25, 0.3) is 0 Å². The van der Waals surface area contributed by atoms with Crippen LogP contribution in [0.2, 0.25) is 0 Å². The SMILES string of the molecule is CNC(c1ccc(F)cn1)c1c(Br)cnn1C. The van der Waals surface area contributed by atoms with Crippen LogP contribution < -0.4 is 5.32 Å². The molecule has 2 rings (SSSR count). The quantitative estimate of drug-likeness (QED) is 0.943. The van der Waals surface area contributed by atoms with Crippen LogP contribution in [0.25, 0.3) is 0 Å². The number of nitrogens with one attached hydrogen (secondary N) is 1. The fourth-order valence-electron chi connectivity index (χ4n) is 1.73. The molecule has 90 valence electrons. The van der Waals surface area contributed by atoms with Gasteiger partial charge in [-0.2, -0.15) is 5.10 Å². The summed E-state index contributed by atoms with van der Waals surface area (Å²) >= 11 is 3.45. The first-order valence-electron chi connectivity index (χ1n) is 5.09. The lowest BCUT2D eigenvalue weighted by Crippen LogP contribution is -2.22. The molecule has 0 bridgehead atoms. The van der Waals surface area contributed by atoms with Crippen molar-refractivity contribution in [3.63, 3.8) is 0 Å². The molecule has 0 amide bonds. The Labute approximate surface area is 107 Å². The summed E-state index contributed by atoms with van der Waals surface area (Å²) in [6, 6.07) is 2.94. The van der Waals surface area contributed by atoms with Crippen molar-refractivity contribution < 1.29 is 4.39 Å². The number of hydrogen-bond acceptors (Lipinski definition) is 3. The lowest BCUT2D eigenvalue weighted by molar-refractivity contribution is 0.581. The number of rotatable bonds is 3. The van der Waals surface area contributed by atoms with Gasteiger partial charge in [0.2, 0.25) is 0 Å². The van der Waals surface area contributed by atoms with Crippen LogP contribution in [0.15, 0.2) is 29.0 Å². The first-order valence-corrected chi connectivity index (χ1v) is 5.89. The highest BCUT2D eigenvalue weighted by Gasteiger charge is 2.20. The summed E-state index contributed by atoms with van der Waals surface area (Å²) in [6.07, 6.45) is 2.94. The highest BCUT2D eigenvalue weighted by Crippen LogP contribution is 2.26. The summed E-state index contributed by atoms with van der Waals surface area (Å²) in [4.78, 5) is 4.09. The van der Waals surface area contributed by atoms with Gasteiger partial charge in [0.05, 0.1) is 34.3 Å². The topological polar surface area (TPSA) is 42.7 Å². The Hall–Kier alpha value is -1.27. The highest BCUT2D eigenvalue weighted by molar-refractivity contribution is 9.10. The van der Waals surface area contributed by atoms with Crippen LogP contribution in [0.4, 0.5) is 4.39 Å². The van der Waals surface area contributed by atoms with Crippen LogP contribution in [0, 0.1) is 5.82 Å². The normalized spacial score (nSPS) is 12.7. The van der Waals surface area contributed by atoms with Gasteiger partial charge in [0, 0.05) is 7.05 Å². The van der Waals surface area contributed by atoms with Gasteiger partial charge in [-0.05, 0) is 35.1 Å². The van der Waals surface area contributed by atoms with E-state index in [0.717, 1.165) is 15.9 Å². The summed E-state index contributed by atoms with van der Waals surface area (Å²) in [5.41, 5.74) is 1.70. The molecular formula is C11H12BrFN4. The minimum absolute atomic E-state index is 0.127. The largest absolute Gasteiger partial charge is 0.307 e.